The molecular weight excluding hydrogens is 569 g/mol. The minimum Gasteiger partial charge on any atom is -0.350 e. The molecule has 3 aromatic carbocycles. The molecular formula is C25H21BrFN3O4S2. The average Bonchev–Trinajstić information content (AvgIpc) is 3.05. The maximum Gasteiger partial charge on any atom is 0.278 e. The molecule has 1 aliphatic rings. The molecule has 0 aromatic heterocycles. The third-order valence-electron chi connectivity index (χ3n) is 5.15. The van der Waals surface area contributed by atoms with E-state index in [4.69, 9.17) is 0 Å². The zero-order valence-corrected chi connectivity index (χ0v) is 22.4. The Hall–Kier alpha value is -3.15. The summed E-state index contributed by atoms with van der Waals surface area (Å²) in [6, 6.07) is 17.8. The summed E-state index contributed by atoms with van der Waals surface area (Å²) in [5, 5.41) is 3.08. The van der Waals surface area contributed by atoms with Gasteiger partial charge in [0.05, 0.1) is 4.90 Å². The lowest BCUT2D eigenvalue weighted by Gasteiger charge is -2.19. The average molecular weight is 590 g/mol. The largest absolute Gasteiger partial charge is 0.350 e. The number of amides is 2. The van der Waals surface area contributed by atoms with Crippen LogP contribution in [0.25, 0.3) is 0 Å². The van der Waals surface area contributed by atoms with Crippen molar-refractivity contribution < 1.29 is 22.4 Å². The first kappa shape index (κ1) is 25.9. The molecule has 36 heavy (non-hydrogen) atoms. The van der Waals surface area contributed by atoms with Crippen molar-refractivity contribution in [2.45, 2.75) is 29.7 Å². The standard InChI is InChI=1S/C25H21BrFN3O4S2/c1-15(2)30-24(31)22(28-18-7-3-16(26)4-8-18)23(25(30)32)35-20-11-9-19(10-12-20)29-36(33,34)21-13-5-17(27)6-14-21/h3-15,28-29H,1-2H3. The number of hydrogen-bond donors (Lipinski definition) is 2. The summed E-state index contributed by atoms with van der Waals surface area (Å²) >= 11 is 4.49. The Bertz CT molecular complexity index is 1440. The Kier molecular flexibility index (Phi) is 7.53. The molecule has 7 nitrogen and oxygen atoms in total. The van der Waals surface area contributed by atoms with Crippen LogP contribution in [0.1, 0.15) is 13.8 Å². The Balaban J connectivity index is 1.57. The number of carbonyl (C=O) groups excluding carboxylic acids is 2. The van der Waals surface area contributed by atoms with Gasteiger partial charge in [-0.3, -0.25) is 19.2 Å². The summed E-state index contributed by atoms with van der Waals surface area (Å²) in [6.07, 6.45) is 0. The fraction of sp³-hybridized carbons (Fsp3) is 0.120. The van der Waals surface area contributed by atoms with E-state index < -0.39 is 27.7 Å². The SMILES string of the molecule is CC(C)N1C(=O)C(Nc2ccc(Br)cc2)=C(Sc2ccc(NS(=O)(=O)c3ccc(F)cc3)cc2)C1=O. The van der Waals surface area contributed by atoms with E-state index in [2.05, 4.69) is 26.0 Å². The fourth-order valence-corrected chi connectivity index (χ4v) is 5.67. The number of rotatable bonds is 8. The zero-order valence-electron chi connectivity index (χ0n) is 19.2. The summed E-state index contributed by atoms with van der Waals surface area (Å²) < 4.78 is 41.5. The highest BCUT2D eigenvalue weighted by Crippen LogP contribution is 2.37. The smallest absolute Gasteiger partial charge is 0.278 e. The monoisotopic (exact) mass is 589 g/mol. The number of hydrogen-bond acceptors (Lipinski definition) is 6. The van der Waals surface area contributed by atoms with Gasteiger partial charge in [0.2, 0.25) is 0 Å². The first-order chi connectivity index (χ1) is 17.0. The first-order valence-electron chi connectivity index (χ1n) is 10.8. The molecule has 0 aliphatic carbocycles. The van der Waals surface area contributed by atoms with E-state index in [-0.39, 0.29) is 21.5 Å². The van der Waals surface area contributed by atoms with Crippen LogP contribution in [0.2, 0.25) is 0 Å². The second-order valence-corrected chi connectivity index (χ2v) is 11.8. The molecule has 4 rings (SSSR count). The third kappa shape index (κ3) is 5.63. The lowest BCUT2D eigenvalue weighted by Crippen LogP contribution is -2.38. The molecule has 2 N–H and O–H groups in total. The molecule has 1 heterocycles. The van der Waals surface area contributed by atoms with E-state index >= 15 is 0 Å². The highest BCUT2D eigenvalue weighted by Gasteiger charge is 2.40. The maximum atomic E-state index is 13.1. The third-order valence-corrected chi connectivity index (χ3v) is 8.17. The lowest BCUT2D eigenvalue weighted by atomic mass is 10.3. The maximum absolute atomic E-state index is 13.1. The quantitative estimate of drug-likeness (QED) is 0.333. The molecule has 186 valence electrons. The van der Waals surface area contributed by atoms with E-state index in [0.717, 1.165) is 28.4 Å². The Morgan fingerprint density at radius 1 is 0.861 bits per heavy atom. The van der Waals surface area contributed by atoms with Gasteiger partial charge in [0.25, 0.3) is 21.8 Å². The molecule has 0 fully saturated rings. The molecule has 0 saturated heterocycles. The van der Waals surface area contributed by atoms with Crippen LogP contribution in [0.15, 0.2) is 97.7 Å². The van der Waals surface area contributed by atoms with Crippen LogP contribution >= 0.6 is 27.7 Å². The molecule has 0 atom stereocenters. The predicted molar refractivity (Wildman–Crippen MR) is 141 cm³/mol. The Labute approximate surface area is 221 Å². The number of sulfonamides is 1. The number of nitrogens with one attached hydrogen (secondary N) is 2. The summed E-state index contributed by atoms with van der Waals surface area (Å²) in [5.41, 5.74) is 1.13. The topological polar surface area (TPSA) is 95.6 Å². The van der Waals surface area contributed by atoms with E-state index in [9.17, 15) is 22.4 Å². The van der Waals surface area contributed by atoms with Crippen molar-refractivity contribution in [1.29, 1.82) is 0 Å². The van der Waals surface area contributed by atoms with Crippen molar-refractivity contribution in [3.63, 3.8) is 0 Å². The normalized spacial score (nSPS) is 14.1. The van der Waals surface area contributed by atoms with E-state index in [1.165, 1.54) is 17.0 Å². The van der Waals surface area contributed by atoms with E-state index in [0.29, 0.717) is 16.3 Å². The van der Waals surface area contributed by atoms with Crippen LogP contribution in [-0.4, -0.2) is 31.2 Å². The molecule has 0 spiro atoms. The molecule has 1 aliphatic heterocycles. The first-order valence-corrected chi connectivity index (χ1v) is 13.9. The van der Waals surface area contributed by atoms with Crippen LogP contribution in [0.5, 0.6) is 0 Å². The summed E-state index contributed by atoms with van der Waals surface area (Å²) in [6.45, 7) is 3.53. The van der Waals surface area contributed by atoms with Crippen molar-refractivity contribution in [3.05, 3.63) is 93.7 Å². The van der Waals surface area contributed by atoms with Gasteiger partial charge >= 0.3 is 0 Å². The lowest BCUT2D eigenvalue weighted by molar-refractivity contribution is -0.139. The van der Waals surface area contributed by atoms with Crippen molar-refractivity contribution in [2.75, 3.05) is 10.0 Å². The van der Waals surface area contributed by atoms with Gasteiger partial charge < -0.3 is 5.32 Å². The Morgan fingerprint density at radius 2 is 1.44 bits per heavy atom. The van der Waals surface area contributed by atoms with Gasteiger partial charge in [-0.1, -0.05) is 27.7 Å². The summed E-state index contributed by atoms with van der Waals surface area (Å²) in [5.74, 6) is -1.35. The summed E-state index contributed by atoms with van der Waals surface area (Å²) in [4.78, 5) is 28.2. The van der Waals surface area contributed by atoms with Crippen molar-refractivity contribution in [3.8, 4) is 0 Å². The predicted octanol–water partition coefficient (Wildman–Crippen LogP) is 5.58. The van der Waals surface area contributed by atoms with Crippen molar-refractivity contribution in [2.24, 2.45) is 0 Å². The van der Waals surface area contributed by atoms with Gasteiger partial charge in [-0.05, 0) is 86.6 Å². The molecule has 0 saturated carbocycles. The van der Waals surface area contributed by atoms with Crippen LogP contribution in [0, 0.1) is 5.82 Å². The minimum atomic E-state index is -3.90. The second-order valence-electron chi connectivity index (χ2n) is 8.10. The van der Waals surface area contributed by atoms with Gasteiger partial charge in [-0.25, -0.2) is 12.8 Å². The molecule has 0 unspecified atom stereocenters. The van der Waals surface area contributed by atoms with Gasteiger partial charge in [0, 0.05) is 26.8 Å². The molecule has 11 heteroatoms. The summed E-state index contributed by atoms with van der Waals surface area (Å²) in [7, 11) is -3.90. The van der Waals surface area contributed by atoms with Crippen molar-refractivity contribution >= 4 is 60.9 Å². The van der Waals surface area contributed by atoms with Crippen LogP contribution in [0.3, 0.4) is 0 Å². The van der Waals surface area contributed by atoms with E-state index in [1.807, 2.05) is 12.1 Å². The number of thioether (sulfide) groups is 1. The van der Waals surface area contributed by atoms with Crippen LogP contribution < -0.4 is 10.0 Å². The Morgan fingerprint density at radius 3 is 2.03 bits per heavy atom. The number of imide groups is 1. The number of carbonyl (C=O) groups is 2. The number of nitrogens with zero attached hydrogens (tertiary/aromatic N) is 1. The second kappa shape index (κ2) is 10.5. The molecule has 3 aromatic rings. The number of benzene rings is 3. The van der Waals surface area contributed by atoms with Gasteiger partial charge in [-0.15, -0.1) is 0 Å². The fourth-order valence-electron chi connectivity index (χ4n) is 3.41. The van der Waals surface area contributed by atoms with Crippen LogP contribution in [-0.2, 0) is 19.6 Å². The van der Waals surface area contributed by atoms with Gasteiger partial charge in [0.15, 0.2) is 0 Å². The highest BCUT2D eigenvalue weighted by molar-refractivity contribution is 9.10. The van der Waals surface area contributed by atoms with Crippen molar-refractivity contribution in [1.82, 2.24) is 4.90 Å². The van der Waals surface area contributed by atoms with Gasteiger partial charge in [0.1, 0.15) is 16.4 Å². The molecule has 0 radical (unpaired) electrons. The van der Waals surface area contributed by atoms with Gasteiger partial charge in [-0.2, -0.15) is 0 Å². The minimum absolute atomic E-state index is 0.0694. The molecule has 2 amide bonds. The van der Waals surface area contributed by atoms with E-state index in [1.54, 1.807) is 50.2 Å². The molecule has 0 bridgehead atoms. The highest BCUT2D eigenvalue weighted by atomic mass is 79.9. The zero-order chi connectivity index (χ0) is 26.0. The number of anilines is 2. The van der Waals surface area contributed by atoms with Crippen LogP contribution in [0.4, 0.5) is 15.8 Å². The number of halogens is 2.